The van der Waals surface area contributed by atoms with E-state index in [0.717, 1.165) is 23.4 Å². The minimum Gasteiger partial charge on any atom is -0.399 e. The average molecular weight is 292 g/mol. The van der Waals surface area contributed by atoms with E-state index in [1.165, 1.54) is 19.3 Å². The molecule has 3 nitrogen and oxygen atoms in total. The highest BCUT2D eigenvalue weighted by molar-refractivity contribution is 7.99. The quantitative estimate of drug-likeness (QED) is 0.820. The van der Waals surface area contributed by atoms with E-state index in [9.17, 15) is 4.79 Å². The second-order valence-electron chi connectivity index (χ2n) is 5.37. The van der Waals surface area contributed by atoms with Gasteiger partial charge in [0.25, 0.3) is 0 Å². The van der Waals surface area contributed by atoms with Crippen LogP contribution in [0.3, 0.4) is 0 Å². The molecule has 0 spiro atoms. The Morgan fingerprint density at radius 1 is 1.30 bits per heavy atom. The van der Waals surface area contributed by atoms with Gasteiger partial charge in [-0.2, -0.15) is 11.8 Å². The zero-order valence-electron chi connectivity index (χ0n) is 12.1. The molecule has 1 saturated carbocycles. The lowest BCUT2D eigenvalue weighted by Gasteiger charge is -2.31. The summed E-state index contributed by atoms with van der Waals surface area (Å²) in [6.45, 7) is 2.19. The lowest BCUT2D eigenvalue weighted by Crippen LogP contribution is -2.44. The maximum absolute atomic E-state index is 12.2. The predicted molar refractivity (Wildman–Crippen MR) is 86.9 cm³/mol. The number of carbonyl (C=O) groups excluding carboxylic acids is 1. The van der Waals surface area contributed by atoms with Gasteiger partial charge in [0.1, 0.15) is 0 Å². The Hall–Kier alpha value is -1.16. The van der Waals surface area contributed by atoms with Crippen molar-refractivity contribution in [1.29, 1.82) is 0 Å². The van der Waals surface area contributed by atoms with Crippen LogP contribution in [0.5, 0.6) is 0 Å². The zero-order valence-corrected chi connectivity index (χ0v) is 12.9. The number of hydrogen-bond acceptors (Lipinski definition) is 3. The molecule has 0 saturated heterocycles. The molecule has 2 atom stereocenters. The largest absolute Gasteiger partial charge is 0.399 e. The summed E-state index contributed by atoms with van der Waals surface area (Å²) in [5.41, 5.74) is 7.41. The third kappa shape index (κ3) is 4.44. The summed E-state index contributed by atoms with van der Waals surface area (Å²) >= 11 is 1.98. The third-order valence-corrected chi connectivity index (χ3v) is 5.10. The fraction of sp³-hybridized carbons (Fsp3) is 0.562. The van der Waals surface area contributed by atoms with Gasteiger partial charge >= 0.3 is 0 Å². The molecule has 4 heteroatoms. The molecular weight excluding hydrogens is 268 g/mol. The van der Waals surface area contributed by atoms with Gasteiger partial charge in [0, 0.05) is 17.0 Å². The van der Waals surface area contributed by atoms with Gasteiger partial charge in [0.15, 0.2) is 0 Å². The van der Waals surface area contributed by atoms with Crippen molar-refractivity contribution in [3.8, 4) is 0 Å². The summed E-state index contributed by atoms with van der Waals surface area (Å²) in [4.78, 5) is 12.2. The predicted octanol–water partition coefficient (Wildman–Crippen LogP) is 2.99. The van der Waals surface area contributed by atoms with E-state index in [1.807, 2.05) is 36.0 Å². The molecule has 1 fully saturated rings. The van der Waals surface area contributed by atoms with Gasteiger partial charge in [-0.05, 0) is 36.3 Å². The number of hydrogen-bond donors (Lipinski definition) is 2. The van der Waals surface area contributed by atoms with Gasteiger partial charge in [-0.15, -0.1) is 0 Å². The fourth-order valence-electron chi connectivity index (χ4n) is 2.75. The first-order chi connectivity index (χ1) is 9.69. The van der Waals surface area contributed by atoms with Crippen molar-refractivity contribution in [1.82, 2.24) is 5.32 Å². The first-order valence-corrected chi connectivity index (χ1v) is 8.49. The number of nitrogen functional groups attached to an aromatic ring is 1. The van der Waals surface area contributed by atoms with Gasteiger partial charge in [0.05, 0.1) is 6.42 Å². The van der Waals surface area contributed by atoms with E-state index in [0.29, 0.717) is 17.7 Å². The summed E-state index contributed by atoms with van der Waals surface area (Å²) in [6.07, 6.45) is 5.31. The minimum atomic E-state index is 0.128. The number of amides is 1. The van der Waals surface area contributed by atoms with Crippen LogP contribution >= 0.6 is 11.8 Å². The number of thioether (sulfide) groups is 1. The summed E-state index contributed by atoms with van der Waals surface area (Å²) in [6, 6.07) is 7.88. The highest BCUT2D eigenvalue weighted by atomic mass is 32.2. The van der Waals surface area contributed by atoms with Crippen LogP contribution in [0.15, 0.2) is 24.3 Å². The maximum atomic E-state index is 12.2. The molecule has 0 bridgehead atoms. The topological polar surface area (TPSA) is 55.1 Å². The van der Waals surface area contributed by atoms with Crippen LogP contribution in [0.1, 0.15) is 38.2 Å². The molecule has 1 aliphatic rings. The molecule has 3 N–H and O–H groups in total. The Balaban J connectivity index is 1.87. The first-order valence-electron chi connectivity index (χ1n) is 7.44. The van der Waals surface area contributed by atoms with Gasteiger partial charge < -0.3 is 11.1 Å². The molecule has 0 radical (unpaired) electrons. The molecule has 1 aromatic rings. The van der Waals surface area contributed by atoms with Gasteiger partial charge in [0.2, 0.25) is 5.91 Å². The van der Waals surface area contributed by atoms with Crippen molar-refractivity contribution in [2.75, 3.05) is 11.5 Å². The van der Waals surface area contributed by atoms with Gasteiger partial charge in [-0.25, -0.2) is 0 Å². The van der Waals surface area contributed by atoms with Crippen molar-refractivity contribution in [2.24, 2.45) is 0 Å². The molecule has 20 heavy (non-hydrogen) atoms. The molecule has 0 heterocycles. The van der Waals surface area contributed by atoms with Gasteiger partial charge in [-0.1, -0.05) is 31.9 Å². The average Bonchev–Trinajstić information content (AvgIpc) is 2.44. The van der Waals surface area contributed by atoms with E-state index in [-0.39, 0.29) is 5.91 Å². The summed E-state index contributed by atoms with van der Waals surface area (Å²) in [7, 11) is 0. The number of carbonyl (C=O) groups is 1. The molecule has 1 aromatic carbocycles. The summed E-state index contributed by atoms with van der Waals surface area (Å²) in [5.74, 6) is 1.25. The van der Waals surface area contributed by atoms with E-state index in [4.69, 9.17) is 5.73 Å². The minimum absolute atomic E-state index is 0.128. The molecular formula is C16H24N2OS. The van der Waals surface area contributed by atoms with Crippen LogP contribution in [0.25, 0.3) is 0 Å². The lowest BCUT2D eigenvalue weighted by molar-refractivity contribution is -0.121. The smallest absolute Gasteiger partial charge is 0.224 e. The Kier molecular flexibility index (Phi) is 5.77. The van der Waals surface area contributed by atoms with Crippen molar-refractivity contribution in [2.45, 2.75) is 50.3 Å². The van der Waals surface area contributed by atoms with Crippen LogP contribution in [-0.2, 0) is 11.2 Å². The van der Waals surface area contributed by atoms with E-state index in [1.54, 1.807) is 0 Å². The van der Waals surface area contributed by atoms with E-state index >= 15 is 0 Å². The molecule has 2 unspecified atom stereocenters. The second kappa shape index (κ2) is 7.58. The van der Waals surface area contributed by atoms with Crippen LogP contribution in [0, 0.1) is 0 Å². The fourth-order valence-corrected chi connectivity index (χ4v) is 3.95. The van der Waals surface area contributed by atoms with Crippen molar-refractivity contribution < 1.29 is 4.79 Å². The SMILES string of the molecule is CCSC1CCCCC1NC(=O)Cc1ccc(N)cc1. The third-order valence-electron chi connectivity index (χ3n) is 3.77. The Labute approximate surface area is 125 Å². The number of benzene rings is 1. The normalized spacial score (nSPS) is 22.4. The highest BCUT2D eigenvalue weighted by Crippen LogP contribution is 2.28. The van der Waals surface area contributed by atoms with Crippen molar-refractivity contribution in [3.63, 3.8) is 0 Å². The van der Waals surface area contributed by atoms with Crippen LogP contribution in [0.2, 0.25) is 0 Å². The van der Waals surface area contributed by atoms with Crippen LogP contribution < -0.4 is 11.1 Å². The number of anilines is 1. The molecule has 2 rings (SSSR count). The monoisotopic (exact) mass is 292 g/mol. The molecule has 1 amide bonds. The maximum Gasteiger partial charge on any atom is 0.224 e. The zero-order chi connectivity index (χ0) is 14.4. The highest BCUT2D eigenvalue weighted by Gasteiger charge is 2.26. The number of nitrogens with one attached hydrogen (secondary N) is 1. The molecule has 0 aromatic heterocycles. The van der Waals surface area contributed by atoms with E-state index < -0.39 is 0 Å². The first kappa shape index (κ1) is 15.2. The molecule has 110 valence electrons. The summed E-state index contributed by atoms with van der Waals surface area (Å²) in [5, 5.41) is 3.81. The van der Waals surface area contributed by atoms with Crippen LogP contribution in [-0.4, -0.2) is 23.0 Å². The Morgan fingerprint density at radius 3 is 2.70 bits per heavy atom. The van der Waals surface area contributed by atoms with Gasteiger partial charge in [-0.3, -0.25) is 4.79 Å². The Bertz CT molecular complexity index is 431. The standard InChI is InChI=1S/C16H24N2OS/c1-2-20-15-6-4-3-5-14(15)18-16(19)11-12-7-9-13(17)10-8-12/h7-10,14-15H,2-6,11,17H2,1H3,(H,18,19). The molecule has 0 aliphatic heterocycles. The lowest BCUT2D eigenvalue weighted by atomic mass is 9.94. The summed E-state index contributed by atoms with van der Waals surface area (Å²) < 4.78 is 0. The van der Waals surface area contributed by atoms with E-state index in [2.05, 4.69) is 12.2 Å². The van der Waals surface area contributed by atoms with Crippen molar-refractivity contribution >= 4 is 23.4 Å². The van der Waals surface area contributed by atoms with Crippen molar-refractivity contribution in [3.05, 3.63) is 29.8 Å². The number of nitrogens with two attached hydrogens (primary N) is 1. The second-order valence-corrected chi connectivity index (χ2v) is 6.89. The van der Waals surface area contributed by atoms with Crippen LogP contribution in [0.4, 0.5) is 5.69 Å². The Morgan fingerprint density at radius 2 is 2.00 bits per heavy atom. The molecule has 1 aliphatic carbocycles. The number of rotatable bonds is 5.